The number of hydrogen-bond donors (Lipinski definition) is 3. The van der Waals surface area contributed by atoms with Crippen molar-refractivity contribution in [3.63, 3.8) is 0 Å². The van der Waals surface area contributed by atoms with Crippen LogP contribution < -0.4 is 10.0 Å². The summed E-state index contributed by atoms with van der Waals surface area (Å²) in [6.45, 7) is 4.59. The third-order valence-electron chi connectivity index (χ3n) is 4.56. The third kappa shape index (κ3) is 4.58. The van der Waals surface area contributed by atoms with Crippen LogP contribution in [0.4, 0.5) is 4.79 Å². The van der Waals surface area contributed by atoms with Gasteiger partial charge in [-0.15, -0.1) is 0 Å². The topological polar surface area (TPSA) is 96.9 Å². The van der Waals surface area contributed by atoms with Crippen LogP contribution in [0.5, 0.6) is 0 Å². The zero-order valence-electron chi connectivity index (χ0n) is 14.4. The first-order valence-electron chi connectivity index (χ1n) is 8.35. The lowest BCUT2D eigenvalue weighted by atomic mass is 10.0. The van der Waals surface area contributed by atoms with Crippen LogP contribution in [0, 0.1) is 0 Å². The average molecular weight is 368 g/mol. The molecule has 3 N–H and O–H groups in total. The maximum absolute atomic E-state index is 12.5. The molecule has 1 amide bonds. The molecule has 1 heterocycles. The molecule has 4 atom stereocenters. The quantitative estimate of drug-likeness (QED) is 0.705. The predicted octanol–water partition coefficient (Wildman–Crippen LogP) is 1.37. The van der Waals surface area contributed by atoms with E-state index < -0.39 is 22.9 Å². The minimum absolute atomic E-state index is 0.113. The van der Waals surface area contributed by atoms with Crippen LogP contribution in [0.25, 0.3) is 0 Å². The molecular formula is C17H24N2O5S. The smallest absolute Gasteiger partial charge is 0.404 e. The fraction of sp³-hybridized carbons (Fsp3) is 0.588. The summed E-state index contributed by atoms with van der Waals surface area (Å²) in [4.78, 5) is 11.1. The molecule has 1 saturated heterocycles. The lowest BCUT2D eigenvalue weighted by Gasteiger charge is -2.21. The van der Waals surface area contributed by atoms with Gasteiger partial charge in [0.25, 0.3) is 0 Å². The van der Waals surface area contributed by atoms with Gasteiger partial charge in [-0.3, -0.25) is 0 Å². The molecule has 7 nitrogen and oxygen atoms in total. The van der Waals surface area contributed by atoms with E-state index in [9.17, 15) is 9.00 Å². The van der Waals surface area contributed by atoms with Crippen molar-refractivity contribution in [3.05, 3.63) is 35.4 Å². The summed E-state index contributed by atoms with van der Waals surface area (Å²) in [5.74, 6) is -0.369. The number of rotatable bonds is 6. The van der Waals surface area contributed by atoms with Crippen LogP contribution in [-0.4, -0.2) is 52.2 Å². The maximum Gasteiger partial charge on any atom is 0.404 e. The molecule has 0 radical (unpaired) electrons. The molecule has 3 rings (SSSR count). The second-order valence-electron chi connectivity index (χ2n) is 6.88. The fourth-order valence-electron chi connectivity index (χ4n) is 3.47. The van der Waals surface area contributed by atoms with Gasteiger partial charge in [0.1, 0.15) is 0 Å². The van der Waals surface area contributed by atoms with Crippen LogP contribution >= 0.6 is 0 Å². The van der Waals surface area contributed by atoms with E-state index in [2.05, 4.69) is 10.0 Å². The molecule has 2 aliphatic rings. The molecule has 1 aliphatic carbocycles. The van der Waals surface area contributed by atoms with E-state index in [-0.39, 0.29) is 18.1 Å². The van der Waals surface area contributed by atoms with Gasteiger partial charge in [0.15, 0.2) is 5.79 Å². The SMILES string of the molecule is CC1(C)OCC(CNS(=O)C[C@H]2c3ccccc3C[C@H]2NC(=O)O)O1. The van der Waals surface area contributed by atoms with Crippen molar-refractivity contribution < 1.29 is 23.6 Å². The van der Waals surface area contributed by atoms with E-state index >= 15 is 0 Å². The van der Waals surface area contributed by atoms with Crippen molar-refractivity contribution in [2.24, 2.45) is 0 Å². The number of ether oxygens (including phenoxy) is 2. The summed E-state index contributed by atoms with van der Waals surface area (Å²) in [7, 11) is -1.29. The van der Waals surface area contributed by atoms with Crippen LogP contribution in [0.3, 0.4) is 0 Å². The first-order chi connectivity index (χ1) is 11.8. The Balaban J connectivity index is 1.59. The number of carbonyl (C=O) groups is 1. The number of nitrogens with one attached hydrogen (secondary N) is 2. The predicted molar refractivity (Wildman–Crippen MR) is 93.8 cm³/mol. The highest BCUT2D eigenvalue weighted by Crippen LogP contribution is 2.33. The number of amides is 1. The van der Waals surface area contributed by atoms with E-state index in [4.69, 9.17) is 14.6 Å². The summed E-state index contributed by atoms with van der Waals surface area (Å²) < 4.78 is 26.7. The van der Waals surface area contributed by atoms with Crippen molar-refractivity contribution in [2.45, 2.75) is 44.1 Å². The number of hydrogen-bond acceptors (Lipinski definition) is 4. The molecule has 0 bridgehead atoms. The Morgan fingerprint density at radius 3 is 2.84 bits per heavy atom. The van der Waals surface area contributed by atoms with Gasteiger partial charge in [-0.2, -0.15) is 0 Å². The molecule has 1 fully saturated rings. The van der Waals surface area contributed by atoms with Crippen molar-refractivity contribution >= 4 is 17.1 Å². The molecule has 25 heavy (non-hydrogen) atoms. The monoisotopic (exact) mass is 368 g/mol. The van der Waals surface area contributed by atoms with Crippen molar-refractivity contribution in [3.8, 4) is 0 Å². The highest BCUT2D eigenvalue weighted by atomic mass is 32.2. The Labute approximate surface area is 149 Å². The first kappa shape index (κ1) is 18.3. The Morgan fingerprint density at radius 1 is 1.40 bits per heavy atom. The summed E-state index contributed by atoms with van der Waals surface area (Å²) in [5.41, 5.74) is 2.18. The van der Waals surface area contributed by atoms with E-state index in [0.29, 0.717) is 25.3 Å². The van der Waals surface area contributed by atoms with Gasteiger partial charge >= 0.3 is 6.09 Å². The Morgan fingerprint density at radius 2 is 2.16 bits per heavy atom. The summed E-state index contributed by atoms with van der Waals surface area (Å²) in [5, 5.41) is 11.6. The van der Waals surface area contributed by atoms with Crippen LogP contribution in [-0.2, 0) is 26.9 Å². The molecule has 1 aromatic rings. The van der Waals surface area contributed by atoms with Crippen molar-refractivity contribution in [2.75, 3.05) is 18.9 Å². The maximum atomic E-state index is 12.5. The van der Waals surface area contributed by atoms with Gasteiger partial charge in [0.05, 0.1) is 23.7 Å². The van der Waals surface area contributed by atoms with E-state index in [1.54, 1.807) is 0 Å². The normalized spacial score (nSPS) is 28.5. The van der Waals surface area contributed by atoms with E-state index in [1.165, 1.54) is 0 Å². The summed E-state index contributed by atoms with van der Waals surface area (Å²) >= 11 is 0. The molecule has 138 valence electrons. The van der Waals surface area contributed by atoms with Gasteiger partial charge in [0.2, 0.25) is 0 Å². The first-order valence-corrected chi connectivity index (χ1v) is 9.67. The van der Waals surface area contributed by atoms with Gasteiger partial charge in [-0.05, 0) is 31.4 Å². The van der Waals surface area contributed by atoms with Crippen LogP contribution in [0.2, 0.25) is 0 Å². The van der Waals surface area contributed by atoms with Crippen LogP contribution in [0.15, 0.2) is 24.3 Å². The molecule has 1 aromatic carbocycles. The van der Waals surface area contributed by atoms with Crippen LogP contribution in [0.1, 0.15) is 30.9 Å². The molecule has 0 aromatic heterocycles. The highest BCUT2D eigenvalue weighted by Gasteiger charge is 2.35. The van der Waals surface area contributed by atoms with Gasteiger partial charge in [-0.25, -0.2) is 13.7 Å². The highest BCUT2D eigenvalue weighted by molar-refractivity contribution is 7.83. The second kappa shape index (κ2) is 7.41. The molecule has 8 heteroatoms. The zero-order valence-corrected chi connectivity index (χ0v) is 15.2. The fourth-order valence-corrected chi connectivity index (χ4v) is 4.69. The molecule has 0 spiro atoms. The average Bonchev–Trinajstić information content (AvgIpc) is 3.05. The number of carboxylic acid groups (broad SMARTS) is 1. The lowest BCUT2D eigenvalue weighted by molar-refractivity contribution is -0.137. The van der Waals surface area contributed by atoms with Crippen molar-refractivity contribution in [1.82, 2.24) is 10.0 Å². The van der Waals surface area contributed by atoms with E-state index in [1.807, 2.05) is 38.1 Å². The van der Waals surface area contributed by atoms with Crippen molar-refractivity contribution in [1.29, 1.82) is 0 Å². The van der Waals surface area contributed by atoms with Gasteiger partial charge in [0, 0.05) is 24.3 Å². The standard InChI is InChI=1S/C17H24N2O5S/c1-17(2)23-9-12(24-17)8-18-25(22)10-14-13-6-4-3-5-11(13)7-15(14)19-16(20)21/h3-6,12,14-15,18-19H,7-10H2,1-2H3,(H,20,21)/t12?,14-,15+,25?/m0/s1. The Bertz CT molecular complexity index is 666. The van der Waals surface area contributed by atoms with E-state index in [0.717, 1.165) is 11.1 Å². The Hall–Kier alpha value is -1.48. The Kier molecular flexibility index (Phi) is 5.43. The van der Waals surface area contributed by atoms with Gasteiger partial charge in [-0.1, -0.05) is 24.3 Å². The summed E-state index contributed by atoms with van der Waals surface area (Å²) in [6, 6.07) is 7.58. The lowest BCUT2D eigenvalue weighted by Crippen LogP contribution is -2.40. The summed E-state index contributed by atoms with van der Waals surface area (Å²) in [6.07, 6.45) is -0.569. The zero-order chi connectivity index (χ0) is 18.0. The van der Waals surface area contributed by atoms with Gasteiger partial charge < -0.3 is 19.9 Å². The third-order valence-corrected chi connectivity index (χ3v) is 5.71. The largest absolute Gasteiger partial charge is 0.465 e. The molecule has 0 saturated carbocycles. The molecule has 2 unspecified atom stereocenters. The molecular weight excluding hydrogens is 344 g/mol. The number of fused-ring (bicyclic) bond motifs is 1. The number of benzene rings is 1. The minimum Gasteiger partial charge on any atom is -0.465 e. The minimum atomic E-state index is -1.29. The molecule has 1 aliphatic heterocycles. The second-order valence-corrected chi connectivity index (χ2v) is 8.19.